The van der Waals surface area contributed by atoms with Crippen LogP contribution in [0.1, 0.15) is 52.4 Å². The monoisotopic (exact) mass is 250 g/mol. The van der Waals surface area contributed by atoms with E-state index in [2.05, 4.69) is 24.1 Å². The van der Waals surface area contributed by atoms with Gasteiger partial charge in [0.15, 0.2) is 0 Å². The Balaban J connectivity index is 1.50. The molecule has 1 saturated heterocycles. The molecule has 0 radical (unpaired) electrons. The van der Waals surface area contributed by atoms with Crippen molar-refractivity contribution in [3.05, 3.63) is 0 Å². The van der Waals surface area contributed by atoms with Crippen molar-refractivity contribution in [2.24, 2.45) is 17.8 Å². The number of fused-ring (bicyclic) bond motifs is 2. The lowest BCUT2D eigenvalue weighted by Gasteiger charge is -2.33. The fourth-order valence-corrected chi connectivity index (χ4v) is 4.63. The van der Waals surface area contributed by atoms with Gasteiger partial charge in [-0.25, -0.2) is 0 Å². The molecule has 3 aliphatic rings. The maximum atomic E-state index is 3.93. The summed E-state index contributed by atoms with van der Waals surface area (Å²) >= 11 is 0. The number of likely N-dealkylation sites (tertiary alicyclic amines) is 1. The van der Waals surface area contributed by atoms with Crippen LogP contribution in [0.3, 0.4) is 0 Å². The van der Waals surface area contributed by atoms with E-state index in [1.165, 1.54) is 58.2 Å². The van der Waals surface area contributed by atoms with Gasteiger partial charge in [0.25, 0.3) is 0 Å². The molecule has 1 aliphatic heterocycles. The van der Waals surface area contributed by atoms with Crippen LogP contribution in [0.4, 0.5) is 0 Å². The van der Waals surface area contributed by atoms with Gasteiger partial charge in [0.05, 0.1) is 0 Å². The van der Waals surface area contributed by atoms with Gasteiger partial charge >= 0.3 is 0 Å². The zero-order valence-corrected chi connectivity index (χ0v) is 12.2. The molecule has 3 rings (SSSR count). The summed E-state index contributed by atoms with van der Waals surface area (Å²) < 4.78 is 0. The van der Waals surface area contributed by atoms with Crippen molar-refractivity contribution >= 4 is 0 Å². The molecule has 0 amide bonds. The fourth-order valence-electron chi connectivity index (χ4n) is 4.63. The Labute approximate surface area is 113 Å². The maximum absolute atomic E-state index is 3.93. The third-order valence-electron chi connectivity index (χ3n) is 5.71. The molecule has 0 aromatic rings. The molecule has 1 heterocycles. The molecule has 0 aromatic heterocycles. The smallest absolute Gasteiger partial charge is 0.0243 e. The average Bonchev–Trinajstić information content (AvgIpc) is 3.05. The number of nitrogens with one attached hydrogen (secondary N) is 1. The summed E-state index contributed by atoms with van der Waals surface area (Å²) in [5, 5.41) is 3.93. The maximum Gasteiger partial charge on any atom is 0.0243 e. The Morgan fingerprint density at radius 3 is 2.44 bits per heavy atom. The standard InChI is InChI=1S/C16H30N2/c1-12(2)16(18-7-3-4-8-18)11-17-15-10-13-5-6-14(15)9-13/h12-17H,3-11H2,1-2H3. The Morgan fingerprint density at radius 1 is 1.11 bits per heavy atom. The lowest BCUT2D eigenvalue weighted by molar-refractivity contribution is 0.176. The molecular formula is C16H30N2. The Morgan fingerprint density at radius 2 is 1.89 bits per heavy atom. The van der Waals surface area contributed by atoms with Crippen molar-refractivity contribution in [2.45, 2.75) is 64.5 Å². The zero-order chi connectivity index (χ0) is 12.5. The van der Waals surface area contributed by atoms with Gasteiger partial charge in [-0.05, 0) is 62.9 Å². The third-order valence-corrected chi connectivity index (χ3v) is 5.71. The summed E-state index contributed by atoms with van der Waals surface area (Å²) in [6.45, 7) is 8.69. The third kappa shape index (κ3) is 2.60. The highest BCUT2D eigenvalue weighted by Gasteiger charge is 2.39. The number of hydrogen-bond acceptors (Lipinski definition) is 2. The Hall–Kier alpha value is -0.0800. The predicted molar refractivity (Wildman–Crippen MR) is 76.7 cm³/mol. The zero-order valence-electron chi connectivity index (χ0n) is 12.2. The first-order chi connectivity index (χ1) is 8.74. The summed E-state index contributed by atoms with van der Waals surface area (Å²) in [6, 6.07) is 1.62. The molecule has 4 atom stereocenters. The van der Waals surface area contributed by atoms with Crippen molar-refractivity contribution in [1.29, 1.82) is 0 Å². The number of hydrogen-bond donors (Lipinski definition) is 1. The van der Waals surface area contributed by atoms with Crippen LogP contribution in [0.5, 0.6) is 0 Å². The molecule has 0 spiro atoms. The van der Waals surface area contributed by atoms with E-state index in [1.807, 2.05) is 0 Å². The van der Waals surface area contributed by atoms with Gasteiger partial charge in [0.2, 0.25) is 0 Å². The average molecular weight is 250 g/mol. The van der Waals surface area contributed by atoms with Crippen LogP contribution in [0, 0.1) is 17.8 Å². The molecular weight excluding hydrogens is 220 g/mol. The minimum Gasteiger partial charge on any atom is -0.312 e. The SMILES string of the molecule is CC(C)C(CNC1CC2CCC1C2)N1CCCC1. The first-order valence-corrected chi connectivity index (χ1v) is 8.21. The molecule has 18 heavy (non-hydrogen) atoms. The van der Waals surface area contributed by atoms with Crippen LogP contribution in [-0.2, 0) is 0 Å². The summed E-state index contributed by atoms with van der Waals surface area (Å²) in [6.07, 6.45) is 8.83. The van der Waals surface area contributed by atoms with E-state index in [9.17, 15) is 0 Å². The molecule has 2 aliphatic carbocycles. The second kappa shape index (κ2) is 5.50. The van der Waals surface area contributed by atoms with Gasteiger partial charge in [-0.15, -0.1) is 0 Å². The first kappa shape index (κ1) is 12.9. The van der Waals surface area contributed by atoms with E-state index >= 15 is 0 Å². The second-order valence-corrected chi connectivity index (χ2v) is 7.24. The van der Waals surface area contributed by atoms with E-state index in [-0.39, 0.29) is 0 Å². The highest BCUT2D eigenvalue weighted by atomic mass is 15.2. The van der Waals surface area contributed by atoms with Gasteiger partial charge in [0.1, 0.15) is 0 Å². The summed E-state index contributed by atoms with van der Waals surface area (Å²) in [4.78, 5) is 2.73. The summed E-state index contributed by atoms with van der Waals surface area (Å²) in [5.74, 6) is 2.87. The second-order valence-electron chi connectivity index (χ2n) is 7.24. The largest absolute Gasteiger partial charge is 0.312 e. The summed E-state index contributed by atoms with van der Waals surface area (Å²) in [7, 11) is 0. The van der Waals surface area contributed by atoms with Crippen molar-refractivity contribution < 1.29 is 0 Å². The minimum atomic E-state index is 0.770. The van der Waals surface area contributed by atoms with Crippen LogP contribution < -0.4 is 5.32 Å². The van der Waals surface area contributed by atoms with E-state index in [0.29, 0.717) is 0 Å². The van der Waals surface area contributed by atoms with Crippen LogP contribution in [0.25, 0.3) is 0 Å². The van der Waals surface area contributed by atoms with Crippen molar-refractivity contribution in [3.8, 4) is 0 Å². The van der Waals surface area contributed by atoms with Crippen LogP contribution in [0.15, 0.2) is 0 Å². The predicted octanol–water partition coefficient (Wildman–Crippen LogP) is 2.89. The molecule has 0 aromatic carbocycles. The normalized spacial score (nSPS) is 37.8. The van der Waals surface area contributed by atoms with Crippen LogP contribution in [-0.4, -0.2) is 36.6 Å². The molecule has 4 unspecified atom stereocenters. The van der Waals surface area contributed by atoms with E-state index in [0.717, 1.165) is 29.8 Å². The minimum absolute atomic E-state index is 0.770. The van der Waals surface area contributed by atoms with Crippen molar-refractivity contribution in [2.75, 3.05) is 19.6 Å². The van der Waals surface area contributed by atoms with Gasteiger partial charge in [0, 0.05) is 18.6 Å². The molecule has 104 valence electrons. The quantitative estimate of drug-likeness (QED) is 0.807. The number of nitrogens with zero attached hydrogens (tertiary/aromatic N) is 1. The lowest BCUT2D eigenvalue weighted by atomic mass is 9.94. The Bertz CT molecular complexity index is 270. The first-order valence-electron chi connectivity index (χ1n) is 8.21. The van der Waals surface area contributed by atoms with E-state index < -0.39 is 0 Å². The molecule has 2 heteroatoms. The van der Waals surface area contributed by atoms with Crippen molar-refractivity contribution in [1.82, 2.24) is 10.2 Å². The van der Waals surface area contributed by atoms with E-state index in [1.54, 1.807) is 0 Å². The van der Waals surface area contributed by atoms with Crippen LogP contribution in [0.2, 0.25) is 0 Å². The number of rotatable bonds is 5. The van der Waals surface area contributed by atoms with Crippen molar-refractivity contribution in [3.63, 3.8) is 0 Å². The summed E-state index contributed by atoms with van der Waals surface area (Å²) in [5.41, 5.74) is 0. The van der Waals surface area contributed by atoms with Gasteiger partial charge in [-0.3, -0.25) is 4.90 Å². The molecule has 3 fully saturated rings. The molecule has 2 saturated carbocycles. The Kier molecular flexibility index (Phi) is 3.95. The van der Waals surface area contributed by atoms with Crippen LogP contribution >= 0.6 is 0 Å². The lowest BCUT2D eigenvalue weighted by Crippen LogP contribution is -2.47. The van der Waals surface area contributed by atoms with Gasteiger partial charge < -0.3 is 5.32 Å². The topological polar surface area (TPSA) is 15.3 Å². The molecule has 1 N–H and O–H groups in total. The molecule has 2 nitrogen and oxygen atoms in total. The fraction of sp³-hybridized carbons (Fsp3) is 1.00. The highest BCUT2D eigenvalue weighted by molar-refractivity contribution is 4.95. The molecule has 2 bridgehead atoms. The highest BCUT2D eigenvalue weighted by Crippen LogP contribution is 2.44. The van der Waals surface area contributed by atoms with E-state index in [4.69, 9.17) is 0 Å². The van der Waals surface area contributed by atoms with Gasteiger partial charge in [-0.1, -0.05) is 20.3 Å². The van der Waals surface area contributed by atoms with Gasteiger partial charge in [-0.2, -0.15) is 0 Å².